The number of nitrogen functional groups attached to an aromatic ring is 1. The molecule has 0 saturated carbocycles. The van der Waals surface area contributed by atoms with E-state index in [2.05, 4.69) is 4.98 Å². The van der Waals surface area contributed by atoms with Crippen LogP contribution in [0.1, 0.15) is 15.9 Å². The highest BCUT2D eigenvalue weighted by molar-refractivity contribution is 6.34. The average Bonchev–Trinajstić information content (AvgIpc) is 2.84. The number of hydrogen-bond donors (Lipinski definition) is 2. The van der Waals surface area contributed by atoms with E-state index in [9.17, 15) is 4.79 Å². The molecule has 20 heavy (non-hydrogen) atoms. The smallest absolute Gasteiger partial charge is 0.197 e. The van der Waals surface area contributed by atoms with Crippen molar-refractivity contribution in [1.82, 2.24) is 4.98 Å². The Morgan fingerprint density at radius 3 is 2.70 bits per heavy atom. The van der Waals surface area contributed by atoms with Gasteiger partial charge in [0.1, 0.15) is 0 Å². The van der Waals surface area contributed by atoms with Crippen LogP contribution < -0.4 is 5.73 Å². The van der Waals surface area contributed by atoms with Gasteiger partial charge in [0.15, 0.2) is 5.78 Å². The summed E-state index contributed by atoms with van der Waals surface area (Å²) in [6.07, 6.45) is 1.66. The van der Waals surface area contributed by atoms with Gasteiger partial charge in [-0.2, -0.15) is 0 Å². The molecular formula is C15H10Cl2N2O. The third-order valence-electron chi connectivity index (χ3n) is 3.19. The van der Waals surface area contributed by atoms with E-state index in [1.54, 1.807) is 36.5 Å². The largest absolute Gasteiger partial charge is 0.397 e. The molecule has 1 heterocycles. The predicted molar refractivity (Wildman–Crippen MR) is 82.6 cm³/mol. The molecule has 0 spiro atoms. The second kappa shape index (κ2) is 4.85. The number of H-pyrrole nitrogens is 1. The molecule has 0 atom stereocenters. The summed E-state index contributed by atoms with van der Waals surface area (Å²) in [5.41, 5.74) is 7.92. The van der Waals surface area contributed by atoms with Crippen molar-refractivity contribution < 1.29 is 4.79 Å². The van der Waals surface area contributed by atoms with Crippen molar-refractivity contribution in [2.45, 2.75) is 0 Å². The van der Waals surface area contributed by atoms with Gasteiger partial charge in [-0.1, -0.05) is 35.3 Å². The number of carbonyl (C=O) groups is 1. The molecule has 0 radical (unpaired) electrons. The van der Waals surface area contributed by atoms with Crippen LogP contribution in [0.3, 0.4) is 0 Å². The number of carbonyl (C=O) groups excluding carboxylic acids is 1. The number of nitrogens with two attached hydrogens (primary N) is 1. The molecule has 0 saturated heterocycles. The molecular weight excluding hydrogens is 295 g/mol. The monoisotopic (exact) mass is 304 g/mol. The van der Waals surface area contributed by atoms with Gasteiger partial charge in [0.05, 0.1) is 10.7 Å². The van der Waals surface area contributed by atoms with E-state index in [1.165, 1.54) is 0 Å². The number of benzene rings is 2. The molecule has 0 fully saturated rings. The van der Waals surface area contributed by atoms with Crippen LogP contribution in [-0.4, -0.2) is 10.8 Å². The first kappa shape index (κ1) is 13.0. The minimum Gasteiger partial charge on any atom is -0.397 e. The average molecular weight is 305 g/mol. The fourth-order valence-electron chi connectivity index (χ4n) is 2.17. The molecule has 3 N–H and O–H groups in total. The Balaban J connectivity index is 2.16. The van der Waals surface area contributed by atoms with Gasteiger partial charge in [-0.3, -0.25) is 4.79 Å². The fourth-order valence-corrected chi connectivity index (χ4v) is 2.51. The van der Waals surface area contributed by atoms with Crippen molar-refractivity contribution in [2.75, 3.05) is 5.73 Å². The highest BCUT2D eigenvalue weighted by Crippen LogP contribution is 2.28. The Morgan fingerprint density at radius 2 is 1.90 bits per heavy atom. The molecule has 5 heteroatoms. The summed E-state index contributed by atoms with van der Waals surface area (Å²) in [4.78, 5) is 15.6. The van der Waals surface area contributed by atoms with E-state index < -0.39 is 0 Å². The number of para-hydroxylation sites is 1. The van der Waals surface area contributed by atoms with Gasteiger partial charge in [-0.05, 0) is 24.3 Å². The van der Waals surface area contributed by atoms with Gasteiger partial charge < -0.3 is 10.7 Å². The van der Waals surface area contributed by atoms with Crippen molar-refractivity contribution in [3.05, 3.63) is 63.8 Å². The molecule has 0 unspecified atom stereocenters. The van der Waals surface area contributed by atoms with Crippen LogP contribution in [0.4, 0.5) is 5.69 Å². The standard InChI is InChI=1S/C15H10Cl2N2O/c16-8-4-5-9-11(7-19-13(9)6-8)15(20)10-2-1-3-12(17)14(10)18/h1-7,19H,18H2. The summed E-state index contributed by atoms with van der Waals surface area (Å²) in [6.45, 7) is 0. The van der Waals surface area contributed by atoms with Crippen molar-refractivity contribution in [1.29, 1.82) is 0 Å². The van der Waals surface area contributed by atoms with Crippen LogP contribution in [0.15, 0.2) is 42.6 Å². The van der Waals surface area contributed by atoms with Gasteiger partial charge in [-0.15, -0.1) is 0 Å². The number of ketones is 1. The first-order valence-corrected chi connectivity index (χ1v) is 6.69. The third-order valence-corrected chi connectivity index (χ3v) is 3.75. The van der Waals surface area contributed by atoms with Gasteiger partial charge in [-0.25, -0.2) is 0 Å². The molecule has 2 aromatic carbocycles. The number of fused-ring (bicyclic) bond motifs is 1. The number of aromatic nitrogens is 1. The predicted octanol–water partition coefficient (Wildman–Crippen LogP) is 4.29. The van der Waals surface area contributed by atoms with Crippen molar-refractivity contribution >= 4 is 45.6 Å². The highest BCUT2D eigenvalue weighted by Gasteiger charge is 2.17. The summed E-state index contributed by atoms with van der Waals surface area (Å²) in [5.74, 6) is -0.168. The SMILES string of the molecule is Nc1c(Cl)cccc1C(=O)c1c[nH]c2cc(Cl)ccc12. The van der Waals surface area contributed by atoms with E-state index in [4.69, 9.17) is 28.9 Å². The quantitative estimate of drug-likeness (QED) is 0.548. The normalized spacial score (nSPS) is 10.9. The lowest BCUT2D eigenvalue weighted by atomic mass is 10.0. The number of rotatable bonds is 2. The summed E-state index contributed by atoms with van der Waals surface area (Å²) >= 11 is 11.9. The molecule has 0 bridgehead atoms. The van der Waals surface area contributed by atoms with E-state index in [-0.39, 0.29) is 5.78 Å². The lowest BCUT2D eigenvalue weighted by molar-refractivity contribution is 0.104. The van der Waals surface area contributed by atoms with Crippen molar-refractivity contribution in [3.63, 3.8) is 0 Å². The minimum atomic E-state index is -0.168. The summed E-state index contributed by atoms with van der Waals surface area (Å²) < 4.78 is 0. The molecule has 0 aliphatic heterocycles. The number of nitrogens with one attached hydrogen (secondary N) is 1. The maximum atomic E-state index is 12.6. The summed E-state index contributed by atoms with van der Waals surface area (Å²) in [5, 5.41) is 1.79. The number of anilines is 1. The summed E-state index contributed by atoms with van der Waals surface area (Å²) in [6, 6.07) is 10.4. The Morgan fingerprint density at radius 1 is 1.10 bits per heavy atom. The molecule has 3 nitrogen and oxygen atoms in total. The maximum Gasteiger partial charge on any atom is 0.197 e. The van der Waals surface area contributed by atoms with Gasteiger partial charge >= 0.3 is 0 Å². The van der Waals surface area contributed by atoms with E-state index >= 15 is 0 Å². The molecule has 1 aromatic heterocycles. The third kappa shape index (κ3) is 2.05. The first-order valence-electron chi connectivity index (χ1n) is 5.93. The molecule has 0 aliphatic rings. The van der Waals surface area contributed by atoms with E-state index in [0.29, 0.717) is 26.9 Å². The van der Waals surface area contributed by atoms with Gasteiger partial charge in [0, 0.05) is 33.2 Å². The van der Waals surface area contributed by atoms with Crippen LogP contribution in [0.5, 0.6) is 0 Å². The van der Waals surface area contributed by atoms with Crippen LogP contribution in [-0.2, 0) is 0 Å². The maximum absolute atomic E-state index is 12.6. The molecule has 3 rings (SSSR count). The first-order chi connectivity index (χ1) is 9.58. The lowest BCUT2D eigenvalue weighted by Gasteiger charge is -2.05. The zero-order chi connectivity index (χ0) is 14.3. The number of hydrogen-bond acceptors (Lipinski definition) is 2. The molecule has 0 aliphatic carbocycles. The topological polar surface area (TPSA) is 58.9 Å². The Hall–Kier alpha value is -1.97. The summed E-state index contributed by atoms with van der Waals surface area (Å²) in [7, 11) is 0. The second-order valence-corrected chi connectivity index (χ2v) is 5.27. The zero-order valence-electron chi connectivity index (χ0n) is 10.3. The Bertz CT molecular complexity index is 824. The van der Waals surface area contributed by atoms with Crippen molar-refractivity contribution in [2.24, 2.45) is 0 Å². The Kier molecular flexibility index (Phi) is 3.16. The van der Waals surface area contributed by atoms with Crippen LogP contribution in [0, 0.1) is 0 Å². The number of halogens is 2. The fraction of sp³-hybridized carbons (Fsp3) is 0. The van der Waals surface area contributed by atoms with Crippen LogP contribution >= 0.6 is 23.2 Å². The van der Waals surface area contributed by atoms with Gasteiger partial charge in [0.25, 0.3) is 0 Å². The Labute approximate surface area is 125 Å². The van der Waals surface area contributed by atoms with Crippen molar-refractivity contribution in [3.8, 4) is 0 Å². The van der Waals surface area contributed by atoms with Crippen LogP contribution in [0.25, 0.3) is 10.9 Å². The molecule has 100 valence electrons. The second-order valence-electron chi connectivity index (χ2n) is 4.42. The molecule has 3 aromatic rings. The highest BCUT2D eigenvalue weighted by atomic mass is 35.5. The van der Waals surface area contributed by atoms with Gasteiger partial charge in [0.2, 0.25) is 0 Å². The lowest BCUT2D eigenvalue weighted by Crippen LogP contribution is -2.05. The van der Waals surface area contributed by atoms with E-state index in [0.717, 1.165) is 10.9 Å². The molecule has 0 amide bonds. The van der Waals surface area contributed by atoms with Crippen LogP contribution in [0.2, 0.25) is 10.0 Å². The minimum absolute atomic E-state index is 0.168. The zero-order valence-corrected chi connectivity index (χ0v) is 11.8. The number of aromatic amines is 1. The van der Waals surface area contributed by atoms with E-state index in [1.807, 2.05) is 6.07 Å².